The number of rotatable bonds is 2. The van der Waals surface area contributed by atoms with Crippen molar-refractivity contribution in [3.8, 4) is 0 Å². The van der Waals surface area contributed by atoms with Gasteiger partial charge in [0.15, 0.2) is 0 Å². The molecular formula is C6H13O3-. The molecule has 0 atom stereocenters. The summed E-state index contributed by atoms with van der Waals surface area (Å²) < 4.78 is 4.83. The Kier molecular flexibility index (Phi) is 13.0. The van der Waals surface area contributed by atoms with Gasteiger partial charge in [-0.15, -0.1) is 0 Å². The summed E-state index contributed by atoms with van der Waals surface area (Å²) >= 11 is 0. The predicted molar refractivity (Wildman–Crippen MR) is 32.8 cm³/mol. The second kappa shape index (κ2) is 10.4. The summed E-state index contributed by atoms with van der Waals surface area (Å²) in [5.41, 5.74) is 0. The molecule has 0 amide bonds. The first-order valence-corrected chi connectivity index (χ1v) is 2.90. The highest BCUT2D eigenvalue weighted by atomic mass is 16.5. The zero-order valence-electron chi connectivity index (χ0n) is 6.14. The van der Waals surface area contributed by atoms with Crippen LogP contribution in [0.5, 0.6) is 0 Å². The zero-order valence-corrected chi connectivity index (χ0v) is 6.14. The predicted octanol–water partition coefficient (Wildman–Crippen LogP) is -0.201. The minimum absolute atomic E-state index is 0.844. The van der Waals surface area contributed by atoms with Crippen molar-refractivity contribution in [2.24, 2.45) is 0 Å². The maximum atomic E-state index is 8.89. The molecule has 0 saturated heterocycles. The molecule has 9 heavy (non-hydrogen) atoms. The van der Waals surface area contributed by atoms with Crippen LogP contribution in [0.4, 0.5) is 0 Å². The summed E-state index contributed by atoms with van der Waals surface area (Å²) in [6.45, 7) is 6.64. The number of aliphatic carboxylic acids is 1. The molecule has 0 spiro atoms. The maximum absolute atomic E-state index is 8.89. The maximum Gasteiger partial charge on any atom is 0.0437 e. The van der Waals surface area contributed by atoms with Crippen molar-refractivity contribution in [2.75, 3.05) is 13.2 Å². The van der Waals surface area contributed by atoms with Crippen molar-refractivity contribution < 1.29 is 14.6 Å². The summed E-state index contributed by atoms with van der Waals surface area (Å²) in [7, 11) is 0. The van der Waals surface area contributed by atoms with E-state index in [1.165, 1.54) is 0 Å². The number of ether oxygens (including phenoxy) is 1. The fourth-order valence-corrected chi connectivity index (χ4v) is 0.204. The van der Waals surface area contributed by atoms with Gasteiger partial charge in [0.2, 0.25) is 0 Å². The van der Waals surface area contributed by atoms with Crippen molar-refractivity contribution in [2.45, 2.75) is 20.8 Å². The van der Waals surface area contributed by atoms with E-state index in [0.717, 1.165) is 20.1 Å². The Balaban J connectivity index is 0. The van der Waals surface area contributed by atoms with Crippen LogP contribution < -0.4 is 5.11 Å². The molecule has 0 bridgehead atoms. The molecular weight excluding hydrogens is 120 g/mol. The molecule has 0 aromatic carbocycles. The lowest BCUT2D eigenvalue weighted by atomic mass is 10.8. The van der Waals surface area contributed by atoms with Gasteiger partial charge in [0, 0.05) is 19.2 Å². The molecule has 0 heterocycles. The van der Waals surface area contributed by atoms with Gasteiger partial charge in [-0.2, -0.15) is 0 Å². The third-order valence-electron chi connectivity index (χ3n) is 0.408. The lowest BCUT2D eigenvalue weighted by molar-refractivity contribution is -0.302. The van der Waals surface area contributed by atoms with E-state index in [4.69, 9.17) is 14.6 Å². The second-order valence-electron chi connectivity index (χ2n) is 1.27. The van der Waals surface area contributed by atoms with Gasteiger partial charge in [-0.3, -0.25) is 0 Å². The van der Waals surface area contributed by atoms with Crippen LogP contribution in [-0.2, 0) is 9.53 Å². The number of carboxylic acid groups (broad SMARTS) is 1. The third kappa shape index (κ3) is 107. The van der Waals surface area contributed by atoms with Crippen LogP contribution >= 0.6 is 0 Å². The van der Waals surface area contributed by atoms with E-state index in [9.17, 15) is 0 Å². The van der Waals surface area contributed by atoms with Crippen LogP contribution in [0.1, 0.15) is 20.8 Å². The molecule has 0 unspecified atom stereocenters. The highest BCUT2D eigenvalue weighted by Crippen LogP contribution is 1.64. The first-order valence-electron chi connectivity index (χ1n) is 2.90. The Bertz CT molecular complexity index is 55.3. The van der Waals surface area contributed by atoms with Crippen molar-refractivity contribution >= 4 is 5.97 Å². The van der Waals surface area contributed by atoms with Crippen molar-refractivity contribution in [3.63, 3.8) is 0 Å². The van der Waals surface area contributed by atoms with E-state index in [1.807, 2.05) is 13.8 Å². The smallest absolute Gasteiger partial charge is 0.0437 e. The number of carboxylic acids is 1. The average Bonchev–Trinajstić information content (AvgIpc) is 1.66. The molecule has 0 aliphatic carbocycles. The Morgan fingerprint density at radius 3 is 1.67 bits per heavy atom. The van der Waals surface area contributed by atoms with E-state index in [2.05, 4.69) is 0 Å². The molecule has 0 rings (SSSR count). The monoisotopic (exact) mass is 133 g/mol. The van der Waals surface area contributed by atoms with Crippen molar-refractivity contribution in [1.29, 1.82) is 0 Å². The topological polar surface area (TPSA) is 49.4 Å². The molecule has 0 aromatic heterocycles. The van der Waals surface area contributed by atoms with Gasteiger partial charge in [-0.1, -0.05) is 0 Å². The van der Waals surface area contributed by atoms with Crippen LogP contribution in [0.25, 0.3) is 0 Å². The van der Waals surface area contributed by atoms with Crippen LogP contribution in [0, 0.1) is 0 Å². The normalized spacial score (nSPS) is 7.44. The molecule has 0 N–H and O–H groups in total. The lowest BCUT2D eigenvalue weighted by Crippen LogP contribution is -2.16. The molecule has 0 radical (unpaired) electrons. The minimum Gasteiger partial charge on any atom is -0.550 e. The van der Waals surface area contributed by atoms with Gasteiger partial charge in [-0.25, -0.2) is 0 Å². The van der Waals surface area contributed by atoms with E-state index in [1.54, 1.807) is 0 Å². The van der Waals surface area contributed by atoms with Crippen molar-refractivity contribution in [3.05, 3.63) is 0 Å². The highest BCUT2D eigenvalue weighted by molar-refractivity contribution is 5.60. The van der Waals surface area contributed by atoms with E-state index < -0.39 is 5.97 Å². The molecule has 3 heteroatoms. The van der Waals surface area contributed by atoms with Gasteiger partial charge in [0.1, 0.15) is 0 Å². The molecule has 0 saturated carbocycles. The first-order chi connectivity index (χ1) is 4.15. The lowest BCUT2D eigenvalue weighted by Gasteiger charge is -1.86. The molecule has 0 fully saturated rings. The van der Waals surface area contributed by atoms with Gasteiger partial charge < -0.3 is 14.6 Å². The highest BCUT2D eigenvalue weighted by Gasteiger charge is 1.64. The van der Waals surface area contributed by atoms with Crippen LogP contribution in [0.2, 0.25) is 0 Å². The number of carbonyl (C=O) groups is 1. The largest absolute Gasteiger partial charge is 0.550 e. The first kappa shape index (κ1) is 11.3. The quantitative estimate of drug-likeness (QED) is 0.524. The summed E-state index contributed by atoms with van der Waals surface area (Å²) in [4.78, 5) is 8.89. The van der Waals surface area contributed by atoms with Gasteiger partial charge >= 0.3 is 0 Å². The van der Waals surface area contributed by atoms with Gasteiger partial charge in [0.05, 0.1) is 0 Å². The third-order valence-corrected chi connectivity index (χ3v) is 0.408. The zero-order chi connectivity index (χ0) is 7.70. The Labute approximate surface area is 55.6 Å². The summed E-state index contributed by atoms with van der Waals surface area (Å²) in [5.74, 6) is -1.08. The van der Waals surface area contributed by atoms with Crippen molar-refractivity contribution in [1.82, 2.24) is 0 Å². The van der Waals surface area contributed by atoms with Crippen LogP contribution in [-0.4, -0.2) is 19.2 Å². The molecule has 3 nitrogen and oxygen atoms in total. The van der Waals surface area contributed by atoms with E-state index in [0.29, 0.717) is 0 Å². The van der Waals surface area contributed by atoms with Crippen LogP contribution in [0.3, 0.4) is 0 Å². The molecule has 0 aliphatic rings. The Hall–Kier alpha value is -0.570. The van der Waals surface area contributed by atoms with Crippen LogP contribution in [0.15, 0.2) is 0 Å². The van der Waals surface area contributed by atoms with E-state index in [-0.39, 0.29) is 0 Å². The summed E-state index contributed by atoms with van der Waals surface area (Å²) in [5, 5.41) is 8.89. The Morgan fingerprint density at radius 1 is 1.44 bits per heavy atom. The van der Waals surface area contributed by atoms with E-state index >= 15 is 0 Å². The number of hydrogen-bond acceptors (Lipinski definition) is 3. The standard InChI is InChI=1S/C4H10O.C2H4O2/c1-3-5-4-2;1-2(3)4/h3-4H2,1-2H3;1H3,(H,3,4)/p-1. The minimum atomic E-state index is -1.08. The summed E-state index contributed by atoms with van der Waals surface area (Å²) in [6.07, 6.45) is 0. The SMILES string of the molecule is CC(=O)[O-].CCOCC. The number of hydrogen-bond donors (Lipinski definition) is 0. The fraction of sp³-hybridized carbons (Fsp3) is 0.833. The second-order valence-corrected chi connectivity index (χ2v) is 1.27. The molecule has 0 aliphatic heterocycles. The molecule has 56 valence electrons. The molecule has 0 aromatic rings. The summed E-state index contributed by atoms with van der Waals surface area (Å²) in [6, 6.07) is 0. The Morgan fingerprint density at radius 2 is 1.67 bits per heavy atom. The fourth-order valence-electron chi connectivity index (χ4n) is 0.204. The van der Waals surface area contributed by atoms with Gasteiger partial charge in [0.25, 0.3) is 0 Å². The number of carbonyl (C=O) groups excluding carboxylic acids is 1. The average molecular weight is 133 g/mol. The van der Waals surface area contributed by atoms with Gasteiger partial charge in [-0.05, 0) is 20.8 Å².